The van der Waals surface area contributed by atoms with Crippen LogP contribution in [0.15, 0.2) is 18.2 Å². The molecule has 0 aromatic heterocycles. The van der Waals surface area contributed by atoms with Gasteiger partial charge in [0, 0.05) is 12.0 Å². The maximum atomic E-state index is 12.0. The number of carbonyl (C=O) groups excluding carboxylic acids is 1. The molecule has 0 saturated heterocycles. The van der Waals surface area contributed by atoms with Crippen LogP contribution in [0.2, 0.25) is 0 Å². The molecule has 2 heteroatoms. The molecule has 0 aliphatic carbocycles. The van der Waals surface area contributed by atoms with Crippen LogP contribution in [0.25, 0.3) is 0 Å². The fourth-order valence-electron chi connectivity index (χ4n) is 1.87. The van der Waals surface area contributed by atoms with Gasteiger partial charge in [0.1, 0.15) is 0 Å². The smallest absolute Gasteiger partial charge is 0.162 e. The van der Waals surface area contributed by atoms with E-state index in [0.717, 1.165) is 18.4 Å². The Morgan fingerprint density at radius 2 is 1.94 bits per heavy atom. The molecule has 0 bridgehead atoms. The first-order chi connectivity index (χ1) is 8.04. The highest BCUT2D eigenvalue weighted by atomic mass is 16.1. The summed E-state index contributed by atoms with van der Waals surface area (Å²) in [4.78, 5) is 12.0. The first-order valence-corrected chi connectivity index (χ1v) is 6.35. The molecule has 0 heterocycles. The molecule has 0 amide bonds. The van der Waals surface area contributed by atoms with E-state index in [1.165, 1.54) is 11.1 Å². The molecule has 2 nitrogen and oxygen atoms in total. The van der Waals surface area contributed by atoms with Crippen LogP contribution in [-0.4, -0.2) is 12.3 Å². The number of hydrogen-bond acceptors (Lipinski definition) is 2. The average molecular weight is 233 g/mol. The Bertz CT molecular complexity index is 385. The van der Waals surface area contributed by atoms with Crippen LogP contribution in [0.4, 0.5) is 0 Å². The zero-order valence-electron chi connectivity index (χ0n) is 11.1. The molecule has 0 radical (unpaired) electrons. The third-order valence-electron chi connectivity index (χ3n) is 3.35. The summed E-state index contributed by atoms with van der Waals surface area (Å²) in [7, 11) is 0. The lowest BCUT2D eigenvalue weighted by atomic mass is 9.96. The van der Waals surface area contributed by atoms with Crippen LogP contribution >= 0.6 is 0 Å². The molecule has 0 fully saturated rings. The van der Waals surface area contributed by atoms with Crippen molar-refractivity contribution in [1.29, 1.82) is 0 Å². The van der Waals surface area contributed by atoms with E-state index in [9.17, 15) is 4.79 Å². The van der Waals surface area contributed by atoms with Crippen molar-refractivity contribution in [2.24, 2.45) is 11.7 Å². The summed E-state index contributed by atoms with van der Waals surface area (Å²) >= 11 is 0. The van der Waals surface area contributed by atoms with Crippen molar-refractivity contribution in [2.45, 2.75) is 40.0 Å². The quantitative estimate of drug-likeness (QED) is 0.766. The largest absolute Gasteiger partial charge is 0.330 e. The van der Waals surface area contributed by atoms with Crippen molar-refractivity contribution in [3.05, 3.63) is 34.9 Å². The lowest BCUT2D eigenvalue weighted by Gasteiger charge is -2.09. The van der Waals surface area contributed by atoms with Crippen LogP contribution in [0.1, 0.15) is 47.7 Å². The van der Waals surface area contributed by atoms with Crippen LogP contribution in [0, 0.1) is 19.8 Å². The molecule has 1 atom stereocenters. The molecular weight excluding hydrogens is 210 g/mol. The van der Waals surface area contributed by atoms with Gasteiger partial charge in [0.15, 0.2) is 5.78 Å². The van der Waals surface area contributed by atoms with Crippen LogP contribution in [-0.2, 0) is 0 Å². The highest BCUT2D eigenvalue weighted by Gasteiger charge is 2.09. The number of benzene rings is 1. The van der Waals surface area contributed by atoms with Crippen molar-refractivity contribution in [2.75, 3.05) is 6.54 Å². The van der Waals surface area contributed by atoms with Gasteiger partial charge < -0.3 is 5.73 Å². The summed E-state index contributed by atoms with van der Waals surface area (Å²) in [5.74, 6) is 0.785. The minimum atomic E-state index is 0.247. The molecule has 0 saturated carbocycles. The number of ketones is 1. The molecule has 2 N–H and O–H groups in total. The van der Waals surface area contributed by atoms with Gasteiger partial charge in [-0.05, 0) is 56.3 Å². The highest BCUT2D eigenvalue weighted by Crippen LogP contribution is 2.15. The van der Waals surface area contributed by atoms with Crippen molar-refractivity contribution in [1.82, 2.24) is 0 Å². The average Bonchev–Trinajstić information content (AvgIpc) is 2.30. The minimum Gasteiger partial charge on any atom is -0.330 e. The van der Waals surface area contributed by atoms with Crippen molar-refractivity contribution in [3.63, 3.8) is 0 Å². The lowest BCUT2D eigenvalue weighted by Crippen LogP contribution is -2.08. The third kappa shape index (κ3) is 4.31. The van der Waals surface area contributed by atoms with Crippen molar-refractivity contribution < 1.29 is 4.79 Å². The van der Waals surface area contributed by atoms with Gasteiger partial charge in [-0.2, -0.15) is 0 Å². The fraction of sp³-hybridized carbons (Fsp3) is 0.533. The van der Waals surface area contributed by atoms with Crippen LogP contribution in [0.3, 0.4) is 0 Å². The standard InChI is InChI=1S/C15H23NO/c1-11(8-9-16)4-7-15(17)14-6-5-12(2)13(3)10-14/h5-6,10-11H,4,7-9,16H2,1-3H3. The second kappa shape index (κ2) is 6.55. The fourth-order valence-corrected chi connectivity index (χ4v) is 1.87. The van der Waals surface area contributed by atoms with Gasteiger partial charge in [0.25, 0.3) is 0 Å². The van der Waals surface area contributed by atoms with E-state index in [-0.39, 0.29) is 5.78 Å². The van der Waals surface area contributed by atoms with Crippen LogP contribution in [0.5, 0.6) is 0 Å². The zero-order chi connectivity index (χ0) is 12.8. The third-order valence-corrected chi connectivity index (χ3v) is 3.35. The molecule has 1 aromatic carbocycles. The Balaban J connectivity index is 2.55. The Kier molecular flexibility index (Phi) is 5.36. The maximum absolute atomic E-state index is 12.0. The van der Waals surface area contributed by atoms with Crippen molar-refractivity contribution in [3.8, 4) is 0 Å². The van der Waals surface area contributed by atoms with Gasteiger partial charge in [-0.3, -0.25) is 4.79 Å². The van der Waals surface area contributed by atoms with Gasteiger partial charge in [-0.1, -0.05) is 19.1 Å². The van der Waals surface area contributed by atoms with Gasteiger partial charge in [0.2, 0.25) is 0 Å². The molecule has 1 aromatic rings. The normalized spacial score (nSPS) is 12.5. The summed E-state index contributed by atoms with van der Waals surface area (Å²) in [6.45, 7) is 6.97. The number of aryl methyl sites for hydroxylation is 2. The van der Waals surface area contributed by atoms with E-state index in [1.807, 2.05) is 25.1 Å². The number of carbonyl (C=O) groups is 1. The molecule has 0 spiro atoms. The predicted molar refractivity (Wildman–Crippen MR) is 72.3 cm³/mol. The van der Waals surface area contributed by atoms with Gasteiger partial charge in [-0.25, -0.2) is 0 Å². The molecular formula is C15H23NO. The summed E-state index contributed by atoms with van der Waals surface area (Å²) in [5.41, 5.74) is 8.76. The zero-order valence-corrected chi connectivity index (χ0v) is 11.1. The topological polar surface area (TPSA) is 43.1 Å². The Labute approximate surface area is 104 Å². The summed E-state index contributed by atoms with van der Waals surface area (Å²) in [6.07, 6.45) is 2.56. The van der Waals surface area contributed by atoms with Gasteiger partial charge >= 0.3 is 0 Å². The Morgan fingerprint density at radius 1 is 1.24 bits per heavy atom. The van der Waals surface area contributed by atoms with E-state index in [2.05, 4.69) is 13.8 Å². The number of nitrogens with two attached hydrogens (primary N) is 1. The first-order valence-electron chi connectivity index (χ1n) is 6.35. The molecule has 0 aliphatic rings. The SMILES string of the molecule is Cc1ccc(C(=O)CCC(C)CCN)cc1C. The molecule has 17 heavy (non-hydrogen) atoms. The number of rotatable bonds is 6. The second-order valence-electron chi connectivity index (χ2n) is 4.94. The van der Waals surface area contributed by atoms with E-state index in [1.54, 1.807) is 0 Å². The first kappa shape index (κ1) is 13.9. The predicted octanol–water partition coefficient (Wildman–Crippen LogP) is 3.25. The molecule has 0 aliphatic heterocycles. The van der Waals surface area contributed by atoms with Crippen molar-refractivity contribution >= 4 is 5.78 Å². The van der Waals surface area contributed by atoms with E-state index < -0.39 is 0 Å². The van der Waals surface area contributed by atoms with E-state index in [0.29, 0.717) is 18.9 Å². The molecule has 1 rings (SSSR count). The lowest BCUT2D eigenvalue weighted by molar-refractivity contribution is 0.0974. The highest BCUT2D eigenvalue weighted by molar-refractivity contribution is 5.96. The minimum absolute atomic E-state index is 0.247. The van der Waals surface area contributed by atoms with Gasteiger partial charge in [0.05, 0.1) is 0 Å². The van der Waals surface area contributed by atoms with E-state index in [4.69, 9.17) is 5.73 Å². The van der Waals surface area contributed by atoms with Crippen LogP contribution < -0.4 is 5.73 Å². The number of hydrogen-bond donors (Lipinski definition) is 1. The Hall–Kier alpha value is -1.15. The molecule has 1 unspecified atom stereocenters. The van der Waals surface area contributed by atoms with Gasteiger partial charge in [-0.15, -0.1) is 0 Å². The second-order valence-corrected chi connectivity index (χ2v) is 4.94. The number of Topliss-reactive ketones (excluding diaryl/α,β-unsaturated/α-hetero) is 1. The Morgan fingerprint density at radius 3 is 2.53 bits per heavy atom. The maximum Gasteiger partial charge on any atom is 0.162 e. The summed E-state index contributed by atoms with van der Waals surface area (Å²) in [6, 6.07) is 5.94. The molecule has 94 valence electrons. The monoisotopic (exact) mass is 233 g/mol. The summed E-state index contributed by atoms with van der Waals surface area (Å²) in [5, 5.41) is 0. The summed E-state index contributed by atoms with van der Waals surface area (Å²) < 4.78 is 0. The van der Waals surface area contributed by atoms with E-state index >= 15 is 0 Å².